The summed E-state index contributed by atoms with van der Waals surface area (Å²) in [6, 6.07) is 1.65. The van der Waals surface area contributed by atoms with Gasteiger partial charge in [0.05, 0.1) is 6.61 Å². The van der Waals surface area contributed by atoms with E-state index in [-0.39, 0.29) is 18.1 Å². The predicted molar refractivity (Wildman–Crippen MR) is 67.5 cm³/mol. The number of aryl methyl sites for hydroxylation is 1. The zero-order valence-electron chi connectivity index (χ0n) is 10.1. The lowest BCUT2D eigenvalue weighted by atomic mass is 10.2. The molecule has 17 heavy (non-hydrogen) atoms. The van der Waals surface area contributed by atoms with E-state index in [1.54, 1.807) is 6.07 Å². The molecule has 4 nitrogen and oxygen atoms in total. The number of sulfonamides is 1. The molecule has 1 heterocycles. The second kappa shape index (κ2) is 4.05. The Balaban J connectivity index is 2.20. The Bertz CT molecular complexity index is 531. The summed E-state index contributed by atoms with van der Waals surface area (Å²) in [6.07, 6.45) is 0.878. The summed E-state index contributed by atoms with van der Waals surface area (Å²) in [5.41, 5.74) is 0.895. The summed E-state index contributed by atoms with van der Waals surface area (Å²) in [7, 11) is -3.42. The number of hydrogen-bond donors (Lipinski definition) is 2. The van der Waals surface area contributed by atoms with E-state index in [0.717, 1.165) is 23.3 Å². The van der Waals surface area contributed by atoms with Gasteiger partial charge in [-0.3, -0.25) is 0 Å². The molecule has 0 aromatic carbocycles. The third-order valence-corrected chi connectivity index (χ3v) is 6.38. The second-order valence-electron chi connectivity index (χ2n) is 5.20. The lowest BCUT2D eigenvalue weighted by molar-refractivity contribution is 0.285. The van der Waals surface area contributed by atoms with Crippen molar-refractivity contribution in [2.24, 2.45) is 5.41 Å². The van der Waals surface area contributed by atoms with E-state index in [1.165, 1.54) is 0 Å². The topological polar surface area (TPSA) is 66.4 Å². The van der Waals surface area contributed by atoms with Gasteiger partial charge in [-0.15, -0.1) is 11.3 Å². The second-order valence-corrected chi connectivity index (χ2v) is 8.27. The van der Waals surface area contributed by atoms with Gasteiger partial charge in [0.1, 0.15) is 4.21 Å². The van der Waals surface area contributed by atoms with E-state index in [9.17, 15) is 8.42 Å². The Kier molecular flexibility index (Phi) is 3.10. The molecular weight excluding hydrogens is 258 g/mol. The number of rotatable bonds is 4. The molecule has 6 heteroatoms. The van der Waals surface area contributed by atoms with Crippen molar-refractivity contribution in [3.63, 3.8) is 0 Å². The molecule has 0 amide bonds. The van der Waals surface area contributed by atoms with Crippen LogP contribution in [0.1, 0.15) is 30.7 Å². The third kappa shape index (κ3) is 2.54. The van der Waals surface area contributed by atoms with E-state index in [1.807, 2.05) is 20.8 Å². The van der Waals surface area contributed by atoms with E-state index >= 15 is 0 Å². The van der Waals surface area contributed by atoms with Gasteiger partial charge in [0.2, 0.25) is 10.0 Å². The van der Waals surface area contributed by atoms with Crippen LogP contribution >= 0.6 is 11.3 Å². The van der Waals surface area contributed by atoms with Crippen LogP contribution in [0, 0.1) is 12.3 Å². The molecule has 0 spiro atoms. The number of hydrogen-bond acceptors (Lipinski definition) is 4. The van der Waals surface area contributed by atoms with Crippen LogP contribution in [0.25, 0.3) is 0 Å². The molecule has 0 radical (unpaired) electrons. The van der Waals surface area contributed by atoms with Crippen LogP contribution in [-0.2, 0) is 16.6 Å². The highest BCUT2D eigenvalue weighted by Crippen LogP contribution is 2.45. The normalized spacial score (nSPS) is 22.7. The van der Waals surface area contributed by atoms with Crippen molar-refractivity contribution in [2.75, 3.05) is 0 Å². The Morgan fingerprint density at radius 2 is 2.18 bits per heavy atom. The lowest BCUT2D eigenvalue weighted by Gasteiger charge is -2.05. The minimum Gasteiger partial charge on any atom is -0.391 e. The highest BCUT2D eigenvalue weighted by molar-refractivity contribution is 7.91. The average molecular weight is 275 g/mol. The van der Waals surface area contributed by atoms with Gasteiger partial charge in [-0.25, -0.2) is 13.1 Å². The molecule has 1 aromatic rings. The monoisotopic (exact) mass is 275 g/mol. The Morgan fingerprint density at radius 3 is 2.59 bits per heavy atom. The molecule has 1 atom stereocenters. The van der Waals surface area contributed by atoms with Gasteiger partial charge in [-0.1, -0.05) is 13.8 Å². The SMILES string of the molecule is Cc1cc(S(=O)(=O)NC2CC2(C)C)sc1CO. The molecule has 0 bridgehead atoms. The number of nitrogens with one attached hydrogen (secondary N) is 1. The van der Waals surface area contributed by atoms with Gasteiger partial charge in [0.15, 0.2) is 0 Å². The summed E-state index contributed by atoms with van der Waals surface area (Å²) in [4.78, 5) is 0.709. The van der Waals surface area contributed by atoms with Crippen LogP contribution in [0.2, 0.25) is 0 Å². The largest absolute Gasteiger partial charge is 0.391 e. The van der Waals surface area contributed by atoms with Crippen molar-refractivity contribution in [1.29, 1.82) is 0 Å². The first-order chi connectivity index (χ1) is 7.76. The van der Waals surface area contributed by atoms with Crippen molar-refractivity contribution in [3.8, 4) is 0 Å². The summed E-state index contributed by atoms with van der Waals surface area (Å²) in [5, 5.41) is 9.07. The third-order valence-electron chi connectivity index (χ3n) is 3.22. The quantitative estimate of drug-likeness (QED) is 0.877. The highest BCUT2D eigenvalue weighted by Gasteiger charge is 2.48. The predicted octanol–water partition coefficient (Wildman–Crippen LogP) is 1.63. The molecule has 0 aliphatic heterocycles. The van der Waals surface area contributed by atoms with Gasteiger partial charge in [0.25, 0.3) is 0 Å². The molecular formula is C11H17NO3S2. The maximum Gasteiger partial charge on any atom is 0.250 e. The molecule has 1 fully saturated rings. The van der Waals surface area contributed by atoms with E-state index in [4.69, 9.17) is 5.11 Å². The van der Waals surface area contributed by atoms with E-state index in [2.05, 4.69) is 4.72 Å². The lowest BCUT2D eigenvalue weighted by Crippen LogP contribution is -2.27. The fourth-order valence-electron chi connectivity index (χ4n) is 1.69. The smallest absolute Gasteiger partial charge is 0.250 e. The average Bonchev–Trinajstić information content (AvgIpc) is 2.63. The summed E-state index contributed by atoms with van der Waals surface area (Å²) in [6.45, 7) is 5.78. The van der Waals surface area contributed by atoms with Crippen LogP contribution < -0.4 is 4.72 Å². The number of thiophene rings is 1. The summed E-state index contributed by atoms with van der Waals surface area (Å²) in [5.74, 6) is 0. The van der Waals surface area contributed by atoms with E-state index in [0.29, 0.717) is 9.09 Å². The maximum atomic E-state index is 12.1. The minimum atomic E-state index is -3.42. The fourth-order valence-corrected chi connectivity index (χ4v) is 4.56. The standard InChI is InChI=1S/C11H17NO3S2/c1-7-4-10(16-8(7)6-13)17(14,15)12-9-5-11(9,2)3/h4,9,12-13H,5-6H2,1-3H3. The maximum absolute atomic E-state index is 12.1. The zero-order valence-corrected chi connectivity index (χ0v) is 11.8. The number of aliphatic hydroxyl groups excluding tert-OH is 1. The van der Waals surface area contributed by atoms with Crippen molar-refractivity contribution in [3.05, 3.63) is 16.5 Å². The Labute approximate surface area is 106 Å². The molecule has 0 saturated heterocycles. The van der Waals surface area contributed by atoms with Gasteiger partial charge in [-0.2, -0.15) is 0 Å². The molecule has 1 aromatic heterocycles. The van der Waals surface area contributed by atoms with Crippen LogP contribution in [0.3, 0.4) is 0 Å². The summed E-state index contributed by atoms with van der Waals surface area (Å²) >= 11 is 1.14. The van der Waals surface area contributed by atoms with Gasteiger partial charge < -0.3 is 5.11 Å². The minimum absolute atomic E-state index is 0.0347. The van der Waals surface area contributed by atoms with Crippen LogP contribution in [0.5, 0.6) is 0 Å². The van der Waals surface area contributed by atoms with Gasteiger partial charge in [-0.05, 0) is 30.4 Å². The van der Waals surface area contributed by atoms with Crippen LogP contribution in [-0.4, -0.2) is 19.6 Å². The first-order valence-corrected chi connectivity index (χ1v) is 7.79. The molecule has 1 saturated carbocycles. The molecule has 1 aliphatic carbocycles. The fraction of sp³-hybridized carbons (Fsp3) is 0.636. The first-order valence-electron chi connectivity index (χ1n) is 5.49. The molecule has 96 valence electrons. The van der Waals surface area contributed by atoms with E-state index < -0.39 is 10.0 Å². The molecule has 2 N–H and O–H groups in total. The highest BCUT2D eigenvalue weighted by atomic mass is 32.2. The van der Waals surface area contributed by atoms with Gasteiger partial charge >= 0.3 is 0 Å². The number of aliphatic hydroxyl groups is 1. The Hall–Kier alpha value is -0.430. The van der Waals surface area contributed by atoms with Crippen molar-refractivity contribution >= 4 is 21.4 Å². The first kappa shape index (κ1) is 13.0. The Morgan fingerprint density at radius 1 is 1.59 bits per heavy atom. The molecule has 2 rings (SSSR count). The van der Waals surface area contributed by atoms with Crippen LogP contribution in [0.15, 0.2) is 10.3 Å². The summed E-state index contributed by atoms with van der Waals surface area (Å²) < 4.78 is 27.1. The van der Waals surface area contributed by atoms with Crippen molar-refractivity contribution in [2.45, 2.75) is 44.0 Å². The molecule has 1 aliphatic rings. The zero-order chi connectivity index (χ0) is 12.8. The van der Waals surface area contributed by atoms with Crippen molar-refractivity contribution in [1.82, 2.24) is 4.72 Å². The van der Waals surface area contributed by atoms with Crippen molar-refractivity contribution < 1.29 is 13.5 Å². The van der Waals surface area contributed by atoms with Gasteiger partial charge in [0, 0.05) is 10.9 Å². The van der Waals surface area contributed by atoms with Crippen LogP contribution in [0.4, 0.5) is 0 Å². The molecule has 1 unspecified atom stereocenters.